The molecule has 1 N–H and O–H groups in total. The number of hydrogen-bond acceptors (Lipinski definition) is 3. The van der Waals surface area contributed by atoms with Gasteiger partial charge < -0.3 is 5.32 Å². The first-order valence-electron chi connectivity index (χ1n) is 4.64. The Bertz CT molecular complexity index is 322. The van der Waals surface area contributed by atoms with Gasteiger partial charge in [-0.15, -0.1) is 23.1 Å². The minimum atomic E-state index is -1.25. The number of aryl methyl sites for hydroxylation is 1. The van der Waals surface area contributed by atoms with E-state index < -0.39 is 6.50 Å². The Morgan fingerprint density at radius 1 is 1.82 bits per heavy atom. The molecule has 0 fully saturated rings. The normalized spacial score (nSPS) is 23.0. The lowest BCUT2D eigenvalue weighted by atomic mass is 10.3. The molecule has 60 valence electrons. The molecule has 0 spiro atoms. The van der Waals surface area contributed by atoms with Crippen LogP contribution in [0.25, 0.3) is 0 Å². The molecule has 0 saturated heterocycles. The van der Waals surface area contributed by atoms with E-state index in [1.165, 1.54) is 9.09 Å². The summed E-state index contributed by atoms with van der Waals surface area (Å²) < 4.78 is 16.4. The van der Waals surface area contributed by atoms with Crippen molar-refractivity contribution in [2.45, 2.75) is 17.6 Å². The monoisotopic (exact) mass is 187 g/mol. The van der Waals surface area contributed by atoms with Crippen molar-refractivity contribution >= 4 is 28.8 Å². The molecule has 0 atom stereocenters. The highest BCUT2D eigenvalue weighted by atomic mass is 32.2. The fourth-order valence-corrected chi connectivity index (χ4v) is 3.08. The number of nitrogens with one attached hydrogen (secondary N) is 1. The zero-order valence-electron chi connectivity index (χ0n) is 8.31. The number of thiophene rings is 1. The molecule has 0 saturated carbocycles. The van der Waals surface area contributed by atoms with Gasteiger partial charge in [0.15, 0.2) is 0 Å². The number of rotatable bonds is 1. The largest absolute Gasteiger partial charge is 0.383 e. The van der Waals surface area contributed by atoms with E-state index in [-0.39, 0.29) is 0 Å². The molecule has 3 heteroatoms. The van der Waals surface area contributed by atoms with Crippen molar-refractivity contribution in [3.63, 3.8) is 0 Å². The van der Waals surface area contributed by atoms with E-state index in [0.717, 1.165) is 12.1 Å². The summed E-state index contributed by atoms with van der Waals surface area (Å²) >= 11 is 3.38. The second kappa shape index (κ2) is 3.07. The maximum absolute atomic E-state index is 7.56. The summed E-state index contributed by atoms with van der Waals surface area (Å²) in [6.45, 7) is 0.875. The van der Waals surface area contributed by atoms with Crippen molar-refractivity contribution in [2.75, 3.05) is 17.6 Å². The second-order valence-electron chi connectivity index (χ2n) is 2.36. The van der Waals surface area contributed by atoms with Crippen LogP contribution < -0.4 is 5.32 Å². The third-order valence-corrected chi connectivity index (χ3v) is 4.04. The number of hydrogen-bond donors (Lipinski definition) is 1. The number of anilines is 1. The average molecular weight is 187 g/mol. The van der Waals surface area contributed by atoms with Gasteiger partial charge in [-0.1, -0.05) is 6.92 Å². The molecule has 0 unspecified atom stereocenters. The molecule has 0 aliphatic carbocycles. The van der Waals surface area contributed by atoms with Gasteiger partial charge in [-0.3, -0.25) is 0 Å². The van der Waals surface area contributed by atoms with Crippen LogP contribution in [0.3, 0.4) is 0 Å². The zero-order valence-corrected chi connectivity index (χ0v) is 7.94. The highest BCUT2D eigenvalue weighted by molar-refractivity contribution is 8.01. The third kappa shape index (κ3) is 1.40. The van der Waals surface area contributed by atoms with Crippen LogP contribution in [0.15, 0.2) is 10.3 Å². The van der Waals surface area contributed by atoms with Gasteiger partial charge in [0.25, 0.3) is 0 Å². The molecule has 1 aliphatic rings. The van der Waals surface area contributed by atoms with E-state index in [2.05, 4.69) is 18.3 Å². The highest BCUT2D eigenvalue weighted by Gasteiger charge is 2.11. The Kier molecular flexibility index (Phi) is 1.53. The van der Waals surface area contributed by atoms with Crippen molar-refractivity contribution in [2.24, 2.45) is 0 Å². The first kappa shape index (κ1) is 5.49. The predicted octanol–water partition coefficient (Wildman–Crippen LogP) is 2.83. The topological polar surface area (TPSA) is 12.0 Å². The van der Waals surface area contributed by atoms with Crippen molar-refractivity contribution in [1.82, 2.24) is 0 Å². The van der Waals surface area contributed by atoms with Crippen LogP contribution in [-0.2, 0) is 6.42 Å². The summed E-state index contributed by atoms with van der Waals surface area (Å²) in [5, 5.41) is 2.91. The number of thioether (sulfide) groups is 1. The lowest BCUT2D eigenvalue weighted by molar-refractivity contribution is 1.17. The molecule has 1 nitrogen and oxygen atoms in total. The van der Waals surface area contributed by atoms with Crippen LogP contribution in [0.4, 0.5) is 5.69 Å². The van der Waals surface area contributed by atoms with Crippen LogP contribution in [0.5, 0.6) is 0 Å². The third-order valence-electron chi connectivity index (χ3n) is 1.60. The second-order valence-corrected chi connectivity index (χ2v) is 4.74. The Labute approximate surface area is 78.0 Å². The standard InChI is InChI=1S/C8H11NS2/c1-2-6-5-7-8(11-6)10-4-3-9-7/h5,9H,2-4H2,1H3/i3D2. The van der Waals surface area contributed by atoms with E-state index in [9.17, 15) is 0 Å². The van der Waals surface area contributed by atoms with Gasteiger partial charge in [-0.05, 0) is 12.5 Å². The minimum absolute atomic E-state index is 0.504. The average Bonchev–Trinajstić information content (AvgIpc) is 2.44. The maximum Gasteiger partial charge on any atom is 0.0834 e. The summed E-state index contributed by atoms with van der Waals surface area (Å²) in [6, 6.07) is 2.06. The highest BCUT2D eigenvalue weighted by Crippen LogP contribution is 2.38. The van der Waals surface area contributed by atoms with Crippen LogP contribution in [0, 0.1) is 0 Å². The number of fused-ring (bicyclic) bond motifs is 1. The summed E-state index contributed by atoms with van der Waals surface area (Å²) in [7, 11) is 0. The summed E-state index contributed by atoms with van der Waals surface area (Å²) in [5.41, 5.74) is 0.975. The predicted molar refractivity (Wildman–Crippen MR) is 52.9 cm³/mol. The van der Waals surface area contributed by atoms with E-state index in [1.807, 2.05) is 0 Å². The van der Waals surface area contributed by atoms with Gasteiger partial charge >= 0.3 is 0 Å². The van der Waals surface area contributed by atoms with Crippen molar-refractivity contribution < 1.29 is 2.74 Å². The van der Waals surface area contributed by atoms with Crippen molar-refractivity contribution in [1.29, 1.82) is 0 Å². The van der Waals surface area contributed by atoms with Crippen LogP contribution in [0.2, 0.25) is 0 Å². The smallest absolute Gasteiger partial charge is 0.0834 e. The van der Waals surface area contributed by atoms with E-state index in [0.29, 0.717) is 5.75 Å². The Balaban J connectivity index is 2.30. The Hall–Kier alpha value is -0.150. The van der Waals surface area contributed by atoms with Crippen LogP contribution in [0.1, 0.15) is 14.5 Å². The molecule has 2 rings (SSSR count). The fourth-order valence-electron chi connectivity index (χ4n) is 1.02. The minimum Gasteiger partial charge on any atom is -0.383 e. The summed E-state index contributed by atoms with van der Waals surface area (Å²) in [6.07, 6.45) is 1.03. The van der Waals surface area contributed by atoms with E-state index in [4.69, 9.17) is 2.74 Å². The first-order chi connectivity index (χ1) is 6.11. The van der Waals surface area contributed by atoms with Crippen molar-refractivity contribution in [3.8, 4) is 0 Å². The molecule has 1 aromatic rings. The van der Waals surface area contributed by atoms with E-state index in [1.54, 1.807) is 23.1 Å². The molecule has 2 heterocycles. The van der Waals surface area contributed by atoms with Gasteiger partial charge in [0.05, 0.1) is 9.90 Å². The molecule has 1 aliphatic heterocycles. The molecule has 11 heavy (non-hydrogen) atoms. The SMILES string of the molecule is [2H]C1([2H])CSc2sc(CC)cc2N1. The van der Waals surface area contributed by atoms with Gasteiger partial charge in [-0.25, -0.2) is 0 Å². The molecule has 0 bridgehead atoms. The molecule has 0 aromatic carbocycles. The quantitative estimate of drug-likeness (QED) is 0.725. The summed E-state index contributed by atoms with van der Waals surface area (Å²) in [4.78, 5) is 1.32. The van der Waals surface area contributed by atoms with Gasteiger partial charge in [0.1, 0.15) is 0 Å². The molecular formula is C8H11NS2. The fraction of sp³-hybridized carbons (Fsp3) is 0.500. The first-order valence-corrected chi connectivity index (χ1v) is 5.44. The lowest BCUT2D eigenvalue weighted by Gasteiger charge is -2.11. The molecule has 0 amide bonds. The summed E-state index contributed by atoms with van der Waals surface area (Å²) in [5.74, 6) is 0.504. The Morgan fingerprint density at radius 2 is 2.73 bits per heavy atom. The molecule has 0 radical (unpaired) electrons. The lowest BCUT2D eigenvalue weighted by Crippen LogP contribution is -2.07. The van der Waals surface area contributed by atoms with Gasteiger partial charge in [-0.2, -0.15) is 0 Å². The van der Waals surface area contributed by atoms with Crippen LogP contribution in [-0.4, -0.2) is 12.2 Å². The van der Waals surface area contributed by atoms with Gasteiger partial charge in [0.2, 0.25) is 0 Å². The zero-order chi connectivity index (χ0) is 9.47. The van der Waals surface area contributed by atoms with E-state index >= 15 is 0 Å². The van der Waals surface area contributed by atoms with Crippen LogP contribution >= 0.6 is 23.1 Å². The molecular weight excluding hydrogens is 174 g/mol. The molecule has 1 aromatic heterocycles. The van der Waals surface area contributed by atoms with Crippen molar-refractivity contribution in [3.05, 3.63) is 10.9 Å². The Morgan fingerprint density at radius 3 is 3.55 bits per heavy atom. The van der Waals surface area contributed by atoms with Gasteiger partial charge in [0, 0.05) is 19.9 Å². The maximum atomic E-state index is 7.56.